The van der Waals surface area contributed by atoms with Crippen molar-refractivity contribution in [3.63, 3.8) is 0 Å². The number of ether oxygens (including phenoxy) is 2. The second-order valence-corrected chi connectivity index (χ2v) is 4.20. The summed E-state index contributed by atoms with van der Waals surface area (Å²) in [5.74, 6) is -1.02. The lowest BCUT2D eigenvalue weighted by atomic mass is 9.84. The van der Waals surface area contributed by atoms with Crippen LogP contribution in [0.2, 0.25) is 0 Å². The Hall–Kier alpha value is -1.36. The molecule has 15 heavy (non-hydrogen) atoms. The van der Waals surface area contributed by atoms with E-state index < -0.39 is 6.10 Å². The van der Waals surface area contributed by atoms with Crippen LogP contribution in [0, 0.1) is 5.92 Å². The molecule has 3 fully saturated rings. The molecule has 0 aromatic rings. The molecule has 5 heteroatoms. The second kappa shape index (κ2) is 2.61. The highest BCUT2D eigenvalue weighted by atomic mass is 16.6. The van der Waals surface area contributed by atoms with Crippen LogP contribution in [0.25, 0.3) is 0 Å². The molecule has 0 aromatic heterocycles. The molecular formula is C10H11NO4. The fourth-order valence-electron chi connectivity index (χ4n) is 2.79. The van der Waals surface area contributed by atoms with E-state index in [2.05, 4.69) is 11.9 Å². The third-order valence-electron chi connectivity index (χ3n) is 3.35. The van der Waals surface area contributed by atoms with E-state index in [9.17, 15) is 9.59 Å². The third kappa shape index (κ3) is 0.958. The van der Waals surface area contributed by atoms with Crippen molar-refractivity contribution < 1.29 is 19.1 Å². The lowest BCUT2D eigenvalue weighted by molar-refractivity contribution is -0.153. The smallest absolute Gasteiger partial charge is 0.315 e. The molecule has 5 nitrogen and oxygen atoms in total. The van der Waals surface area contributed by atoms with Gasteiger partial charge in [-0.05, 0) is 5.57 Å². The quantitative estimate of drug-likeness (QED) is 0.460. The van der Waals surface area contributed by atoms with E-state index in [1.165, 1.54) is 6.92 Å². The summed E-state index contributed by atoms with van der Waals surface area (Å²) in [6, 6.07) is -0.181. The summed E-state index contributed by atoms with van der Waals surface area (Å²) in [5, 5.41) is 3.20. The number of hydrogen-bond donors (Lipinski definition) is 1. The van der Waals surface area contributed by atoms with Gasteiger partial charge < -0.3 is 9.47 Å². The van der Waals surface area contributed by atoms with Gasteiger partial charge in [0.05, 0.1) is 12.1 Å². The van der Waals surface area contributed by atoms with Gasteiger partial charge in [0.1, 0.15) is 18.1 Å². The Morgan fingerprint density at radius 1 is 1.60 bits per heavy atom. The van der Waals surface area contributed by atoms with Gasteiger partial charge in [0.2, 0.25) is 0 Å². The largest absolute Gasteiger partial charge is 0.460 e. The van der Waals surface area contributed by atoms with E-state index in [4.69, 9.17) is 9.47 Å². The Morgan fingerprint density at radius 3 is 3.00 bits per heavy atom. The van der Waals surface area contributed by atoms with Crippen LogP contribution in [0.4, 0.5) is 0 Å². The first-order valence-electron chi connectivity index (χ1n) is 4.92. The SMILES string of the molecule is C=C1C2NC3C1OC(=O)C3C2OC(C)=O. The van der Waals surface area contributed by atoms with Gasteiger partial charge in [-0.1, -0.05) is 6.58 Å². The number of carbonyl (C=O) groups is 2. The molecule has 3 saturated heterocycles. The monoisotopic (exact) mass is 209 g/mol. The molecule has 0 amide bonds. The summed E-state index contributed by atoms with van der Waals surface area (Å²) in [6.07, 6.45) is -0.662. The van der Waals surface area contributed by atoms with E-state index in [0.29, 0.717) is 0 Å². The number of rotatable bonds is 1. The van der Waals surface area contributed by atoms with Gasteiger partial charge in [0.25, 0.3) is 0 Å². The van der Waals surface area contributed by atoms with Gasteiger partial charge in [-0.2, -0.15) is 0 Å². The summed E-state index contributed by atoms with van der Waals surface area (Å²) in [4.78, 5) is 22.5. The fraction of sp³-hybridized carbons (Fsp3) is 0.600. The molecule has 3 aliphatic heterocycles. The Labute approximate surface area is 86.4 Å². The second-order valence-electron chi connectivity index (χ2n) is 4.20. The first-order chi connectivity index (χ1) is 7.09. The molecule has 0 radical (unpaired) electrons. The highest BCUT2D eigenvalue weighted by Crippen LogP contribution is 2.45. The van der Waals surface area contributed by atoms with Crippen LogP contribution in [-0.4, -0.2) is 36.2 Å². The van der Waals surface area contributed by atoms with Gasteiger partial charge in [-0.25, -0.2) is 0 Å². The molecule has 0 spiro atoms. The maximum Gasteiger partial charge on any atom is 0.315 e. The van der Waals surface area contributed by atoms with E-state index in [-0.39, 0.29) is 36.0 Å². The highest BCUT2D eigenvalue weighted by Gasteiger charge is 2.65. The van der Waals surface area contributed by atoms with Crippen LogP contribution in [0.15, 0.2) is 12.2 Å². The van der Waals surface area contributed by atoms with Crippen molar-refractivity contribution in [2.75, 3.05) is 0 Å². The molecule has 0 aliphatic carbocycles. The zero-order valence-corrected chi connectivity index (χ0v) is 8.23. The molecule has 3 heterocycles. The average molecular weight is 209 g/mol. The standard InChI is InChI=1S/C10H11NO4/c1-3-6-9(14-4(2)12)5-7(11-6)8(3)15-10(5)13/h5-9,11H,1H2,2H3. The van der Waals surface area contributed by atoms with Gasteiger partial charge in [-0.3, -0.25) is 14.9 Å². The van der Waals surface area contributed by atoms with E-state index in [1.807, 2.05) is 0 Å². The Bertz CT molecular complexity index is 378. The minimum Gasteiger partial charge on any atom is -0.460 e. The van der Waals surface area contributed by atoms with Crippen molar-refractivity contribution in [1.29, 1.82) is 0 Å². The lowest BCUT2D eigenvalue weighted by Gasteiger charge is -2.23. The van der Waals surface area contributed by atoms with Crippen molar-refractivity contribution in [2.45, 2.75) is 31.2 Å². The zero-order valence-electron chi connectivity index (χ0n) is 8.23. The first-order valence-corrected chi connectivity index (χ1v) is 4.92. The summed E-state index contributed by atoms with van der Waals surface area (Å²) >= 11 is 0. The highest BCUT2D eigenvalue weighted by molar-refractivity contribution is 5.81. The molecule has 5 atom stereocenters. The Morgan fingerprint density at radius 2 is 2.33 bits per heavy atom. The predicted molar refractivity (Wildman–Crippen MR) is 48.8 cm³/mol. The van der Waals surface area contributed by atoms with Crippen LogP contribution in [0.3, 0.4) is 0 Å². The molecule has 0 saturated carbocycles. The minimum absolute atomic E-state index is 0.0562. The van der Waals surface area contributed by atoms with Gasteiger partial charge >= 0.3 is 11.9 Å². The van der Waals surface area contributed by atoms with Crippen molar-refractivity contribution >= 4 is 11.9 Å². The summed E-state index contributed by atoms with van der Waals surface area (Å²) in [7, 11) is 0. The Balaban J connectivity index is 1.95. The average Bonchev–Trinajstić information content (AvgIpc) is 2.70. The number of fused-ring (bicyclic) bond motifs is 1. The first kappa shape index (κ1) is 8.91. The molecule has 1 N–H and O–H groups in total. The van der Waals surface area contributed by atoms with Crippen molar-refractivity contribution in [3.8, 4) is 0 Å². The lowest BCUT2D eigenvalue weighted by Crippen LogP contribution is -2.39. The van der Waals surface area contributed by atoms with Crippen LogP contribution >= 0.6 is 0 Å². The van der Waals surface area contributed by atoms with Crippen LogP contribution < -0.4 is 5.32 Å². The zero-order chi connectivity index (χ0) is 10.7. The molecule has 0 aromatic carbocycles. The molecule has 80 valence electrons. The maximum atomic E-state index is 11.5. The molecule has 5 unspecified atom stereocenters. The fourth-order valence-corrected chi connectivity index (χ4v) is 2.79. The summed E-state index contributed by atoms with van der Waals surface area (Å²) < 4.78 is 10.3. The van der Waals surface area contributed by atoms with Crippen molar-refractivity contribution in [1.82, 2.24) is 5.32 Å². The van der Waals surface area contributed by atoms with Crippen LogP contribution in [0.1, 0.15) is 6.92 Å². The van der Waals surface area contributed by atoms with Gasteiger partial charge in [-0.15, -0.1) is 0 Å². The number of carbonyl (C=O) groups excluding carboxylic acids is 2. The van der Waals surface area contributed by atoms with Crippen LogP contribution in [-0.2, 0) is 19.1 Å². The van der Waals surface area contributed by atoms with Crippen molar-refractivity contribution in [2.24, 2.45) is 5.92 Å². The Kier molecular flexibility index (Phi) is 1.55. The van der Waals surface area contributed by atoms with Gasteiger partial charge in [0, 0.05) is 6.92 Å². The summed E-state index contributed by atoms with van der Waals surface area (Å²) in [6.45, 7) is 5.22. The summed E-state index contributed by atoms with van der Waals surface area (Å²) in [5.41, 5.74) is 0.813. The number of esters is 2. The van der Waals surface area contributed by atoms with Crippen LogP contribution in [0.5, 0.6) is 0 Å². The van der Waals surface area contributed by atoms with E-state index in [1.54, 1.807) is 0 Å². The number of hydrogen-bond acceptors (Lipinski definition) is 5. The molecule has 2 bridgehead atoms. The van der Waals surface area contributed by atoms with E-state index in [0.717, 1.165) is 5.57 Å². The maximum absolute atomic E-state index is 11.5. The topological polar surface area (TPSA) is 64.6 Å². The third-order valence-corrected chi connectivity index (χ3v) is 3.35. The number of nitrogens with one attached hydrogen (secondary N) is 1. The molecular weight excluding hydrogens is 198 g/mol. The van der Waals surface area contributed by atoms with Crippen molar-refractivity contribution in [3.05, 3.63) is 12.2 Å². The molecule has 3 aliphatic rings. The minimum atomic E-state index is -0.439. The van der Waals surface area contributed by atoms with Gasteiger partial charge in [0.15, 0.2) is 0 Å². The normalized spacial score (nSPS) is 45.8. The molecule has 3 rings (SSSR count). The predicted octanol–water partition coefficient (Wildman–Crippen LogP) is -0.630. The van der Waals surface area contributed by atoms with E-state index >= 15 is 0 Å².